The van der Waals surface area contributed by atoms with E-state index in [1.807, 2.05) is 35.5 Å². The van der Waals surface area contributed by atoms with Gasteiger partial charge in [-0.25, -0.2) is 12.2 Å². The fourth-order valence-electron chi connectivity index (χ4n) is 6.88. The molecule has 2 saturated carbocycles. The van der Waals surface area contributed by atoms with Crippen molar-refractivity contribution >= 4 is 5.43 Å². The molecule has 2 fully saturated rings. The number of benzene rings is 2. The van der Waals surface area contributed by atoms with Crippen molar-refractivity contribution in [3.05, 3.63) is 83.0 Å². The summed E-state index contributed by atoms with van der Waals surface area (Å²) in [6, 6.07) is 15.2. The van der Waals surface area contributed by atoms with Crippen molar-refractivity contribution in [1.82, 2.24) is 0 Å². The topological polar surface area (TPSA) is 0 Å². The van der Waals surface area contributed by atoms with Crippen LogP contribution in [0.3, 0.4) is 0 Å². The Bertz CT molecular complexity index is 1130. The molecule has 0 nitrogen and oxygen atoms in total. The first-order valence-corrected chi connectivity index (χ1v) is 22.4. The molecule has 0 bridgehead atoms. The summed E-state index contributed by atoms with van der Waals surface area (Å²) >= 11 is 1.96. The summed E-state index contributed by atoms with van der Waals surface area (Å²) in [6.45, 7) is 13.6. The predicted molar refractivity (Wildman–Crippen MR) is 181 cm³/mol. The van der Waals surface area contributed by atoms with Gasteiger partial charge < -0.3 is 0 Å². The van der Waals surface area contributed by atoms with Gasteiger partial charge in [0.1, 0.15) is 0 Å². The van der Waals surface area contributed by atoms with E-state index in [-0.39, 0.29) is 16.3 Å². The van der Waals surface area contributed by atoms with Crippen molar-refractivity contribution in [3.8, 4) is 11.1 Å². The van der Waals surface area contributed by atoms with Gasteiger partial charge in [-0.2, -0.15) is 29.8 Å². The normalized spacial score (nSPS) is 19.0. The molecular weight excluding hydrogens is 600 g/mol. The van der Waals surface area contributed by atoms with E-state index in [0.29, 0.717) is 0 Å². The number of rotatable bonds is 2. The third kappa shape index (κ3) is 9.76. The molecule has 0 amide bonds. The monoisotopic (exact) mass is 654 g/mol. The Kier molecular flexibility index (Phi) is 12.8. The third-order valence-corrected chi connectivity index (χ3v) is 18.6. The van der Waals surface area contributed by atoms with Crippen LogP contribution in [0.4, 0.5) is 0 Å². The molecule has 2 heteroatoms. The Morgan fingerprint density at radius 3 is 1.74 bits per heavy atom. The van der Waals surface area contributed by atoms with Crippen LogP contribution < -0.4 is 0 Å². The Hall–Kier alpha value is -0.980. The van der Waals surface area contributed by atoms with Gasteiger partial charge in [-0.3, -0.25) is 6.08 Å². The molecule has 6 rings (SSSR count). The van der Waals surface area contributed by atoms with E-state index >= 15 is 0 Å². The van der Waals surface area contributed by atoms with Crippen molar-refractivity contribution in [2.24, 2.45) is 0 Å². The zero-order chi connectivity index (χ0) is 30.2. The summed E-state index contributed by atoms with van der Waals surface area (Å²) in [7, 11) is 0. The second-order valence-corrected chi connectivity index (χ2v) is 21.9. The van der Waals surface area contributed by atoms with Gasteiger partial charge >= 0.3 is 117 Å². The van der Waals surface area contributed by atoms with E-state index in [1.165, 1.54) is 70.1 Å². The van der Waals surface area contributed by atoms with Gasteiger partial charge in [-0.05, 0) is 28.4 Å². The second kappa shape index (κ2) is 15.8. The van der Waals surface area contributed by atoms with Crippen LogP contribution in [-0.4, -0.2) is 5.43 Å². The average Bonchev–Trinajstić information content (AvgIpc) is 3.47. The zero-order valence-corrected chi connectivity index (χ0v) is 31.1. The molecule has 4 aliphatic rings. The van der Waals surface area contributed by atoms with E-state index in [0.717, 1.165) is 12.8 Å². The van der Waals surface area contributed by atoms with Crippen LogP contribution in [0.5, 0.6) is 0 Å². The molecule has 0 unspecified atom stereocenters. The third-order valence-electron chi connectivity index (χ3n) is 9.64. The molecule has 0 radical (unpaired) electrons. The van der Waals surface area contributed by atoms with Crippen molar-refractivity contribution in [2.45, 2.75) is 153 Å². The summed E-state index contributed by atoms with van der Waals surface area (Å²) in [4.78, 5) is 0. The molecule has 42 heavy (non-hydrogen) atoms. The molecule has 0 aliphatic heterocycles. The summed E-state index contributed by atoms with van der Waals surface area (Å²) < 4.78 is 0. The van der Waals surface area contributed by atoms with Crippen LogP contribution in [-0.2, 0) is 40.6 Å². The maximum absolute atomic E-state index is 3.67. The maximum atomic E-state index is 3.67. The van der Waals surface area contributed by atoms with Crippen LogP contribution in [0.25, 0.3) is 11.1 Å². The van der Waals surface area contributed by atoms with Crippen molar-refractivity contribution < 1.29 is 23.3 Å². The first-order chi connectivity index (χ1) is 20.0. The van der Waals surface area contributed by atoms with Crippen LogP contribution in [0, 0.1) is 12.1 Å². The van der Waals surface area contributed by atoms with E-state index < -0.39 is 0 Å². The van der Waals surface area contributed by atoms with E-state index in [4.69, 9.17) is 0 Å². The summed E-state index contributed by atoms with van der Waals surface area (Å²) in [5, 5.41) is 0. The standard InChI is InChI=1S/C21H25.C14H26Si.C5H5.Zr/c1-20(2,3)16-7-9-18-14(12-16)11-15-13-17(21(4,5)6)8-10-19(15)18;1-2-6-10-13(9-5-1)15-14-11-7-3-4-8-12-14;1-2-4-5-3-1;/h7-10,12H,11H2,1-6H3;13-14H,1-12H2;1-3H,4H2;/q-1;;-1;+2. The predicted octanol–water partition coefficient (Wildman–Crippen LogP) is 11.9. The minimum absolute atomic E-state index is 0.0532. The molecule has 4 aliphatic carbocycles. The van der Waals surface area contributed by atoms with Gasteiger partial charge in [-0.15, -0.1) is 17.5 Å². The molecule has 0 saturated heterocycles. The second-order valence-electron chi connectivity index (χ2n) is 15.1. The molecule has 224 valence electrons. The van der Waals surface area contributed by atoms with Gasteiger partial charge in [0.05, 0.1) is 0 Å². The van der Waals surface area contributed by atoms with Crippen LogP contribution in [0.2, 0.25) is 11.1 Å². The van der Waals surface area contributed by atoms with E-state index in [1.54, 1.807) is 51.4 Å². The van der Waals surface area contributed by atoms with Gasteiger partial charge in [0, 0.05) is 0 Å². The van der Waals surface area contributed by atoms with Gasteiger partial charge in [-0.1, -0.05) is 65.3 Å². The molecule has 0 atom stereocenters. The van der Waals surface area contributed by atoms with E-state index in [2.05, 4.69) is 90.1 Å². The average molecular weight is 656 g/mol. The van der Waals surface area contributed by atoms with Crippen LogP contribution in [0.1, 0.15) is 147 Å². The Morgan fingerprint density at radius 2 is 1.29 bits per heavy atom. The summed E-state index contributed by atoms with van der Waals surface area (Å²) in [6.07, 6.45) is 29.8. The quantitative estimate of drug-likeness (QED) is 0.146. The van der Waals surface area contributed by atoms with Gasteiger partial charge in [0.25, 0.3) is 0 Å². The number of allylic oxidation sites excluding steroid dienone is 4. The van der Waals surface area contributed by atoms with Gasteiger partial charge in [0.2, 0.25) is 0 Å². The molecule has 0 aromatic heterocycles. The summed E-state index contributed by atoms with van der Waals surface area (Å²) in [5.74, 6) is 0. The zero-order valence-electron chi connectivity index (χ0n) is 27.7. The van der Waals surface area contributed by atoms with Crippen molar-refractivity contribution in [2.75, 3.05) is 0 Å². The van der Waals surface area contributed by atoms with Crippen molar-refractivity contribution in [3.63, 3.8) is 0 Å². The summed E-state index contributed by atoms with van der Waals surface area (Å²) in [5.41, 5.74) is 11.2. The molecule has 0 N–H and O–H groups in total. The fourth-order valence-corrected chi connectivity index (χ4v) is 13.9. The van der Waals surface area contributed by atoms with Gasteiger partial charge in [0.15, 0.2) is 0 Å². The number of hydrogen-bond acceptors (Lipinski definition) is 0. The van der Waals surface area contributed by atoms with Crippen LogP contribution >= 0.6 is 0 Å². The van der Waals surface area contributed by atoms with Crippen LogP contribution in [0.15, 0.2) is 48.6 Å². The molecule has 2 aromatic carbocycles. The molecule has 0 heterocycles. The Morgan fingerprint density at radius 1 is 0.714 bits per heavy atom. The number of hydrogen-bond donors (Lipinski definition) is 0. The Balaban J connectivity index is 0.000000170. The molecule has 2 aromatic rings. The molecule has 0 spiro atoms. The van der Waals surface area contributed by atoms with Crippen molar-refractivity contribution in [1.29, 1.82) is 0 Å². The SMILES string of the molecule is CC(C)(C)c1[c-]c2c(cc1)-c1ccc(C(C)(C)C)cc1C2.[C-]1=CC=CC1.[Zr+2]=[Si](C1CCCCCC1)C1CCCCCC1. The van der Waals surface area contributed by atoms with E-state index in [9.17, 15) is 0 Å². The Labute approximate surface area is 274 Å². The molecular formula is C40H56SiZr. The number of fused-ring (bicyclic) bond motifs is 3. The fraction of sp³-hybridized carbons (Fsp3) is 0.600. The first kappa shape index (κ1) is 33.9. The minimum atomic E-state index is 0.0532. The first-order valence-electron chi connectivity index (χ1n) is 17.0.